The molecular formula is C19H18N4O4. The van der Waals surface area contributed by atoms with Crippen molar-refractivity contribution in [1.82, 2.24) is 15.3 Å². The van der Waals surface area contributed by atoms with Crippen LogP contribution in [0.25, 0.3) is 0 Å². The molecule has 0 aliphatic heterocycles. The van der Waals surface area contributed by atoms with Gasteiger partial charge < -0.3 is 0 Å². The summed E-state index contributed by atoms with van der Waals surface area (Å²) in [6.07, 6.45) is 2.56. The fourth-order valence-corrected chi connectivity index (χ4v) is 2.41. The van der Waals surface area contributed by atoms with Crippen molar-refractivity contribution in [1.29, 1.82) is 0 Å². The van der Waals surface area contributed by atoms with E-state index < -0.39 is 4.92 Å². The summed E-state index contributed by atoms with van der Waals surface area (Å²) in [6.45, 7) is 2.66. The van der Waals surface area contributed by atoms with E-state index in [9.17, 15) is 14.9 Å². The number of hydrogen-bond donors (Lipinski definition) is 1. The summed E-state index contributed by atoms with van der Waals surface area (Å²) in [5, 5.41) is 14.6. The van der Waals surface area contributed by atoms with Crippen LogP contribution in [0.2, 0.25) is 0 Å². The second-order valence-electron chi connectivity index (χ2n) is 6.06. The number of hydrogen-bond acceptors (Lipinski definition) is 5. The molecule has 0 fully saturated rings. The molecule has 0 saturated carbocycles. The number of amides is 1. The largest absolute Gasteiger partial charge is 0.307 e. The molecule has 1 amide bonds. The lowest BCUT2D eigenvalue weighted by Crippen LogP contribution is -2.23. The number of rotatable bonds is 7. The predicted octanol–water partition coefficient (Wildman–Crippen LogP) is 3.01. The smallest absolute Gasteiger partial charge is 0.269 e. The summed E-state index contributed by atoms with van der Waals surface area (Å²) in [5.74, 6) is -0.344. The Morgan fingerprint density at radius 3 is 2.44 bits per heavy atom. The van der Waals surface area contributed by atoms with Gasteiger partial charge in [-0.1, -0.05) is 42.0 Å². The molecule has 0 unspecified atom stereocenters. The van der Waals surface area contributed by atoms with E-state index in [1.165, 1.54) is 17.1 Å². The predicted molar refractivity (Wildman–Crippen MR) is 97.9 cm³/mol. The lowest BCUT2D eigenvalue weighted by Gasteiger charge is -2.07. The lowest BCUT2D eigenvalue weighted by molar-refractivity contribution is -0.385. The number of aryl methyl sites for hydroxylation is 1. The molecule has 8 heteroatoms. The van der Waals surface area contributed by atoms with Gasteiger partial charge in [-0.25, -0.2) is 5.48 Å². The normalized spacial score (nSPS) is 10.6. The van der Waals surface area contributed by atoms with E-state index in [2.05, 4.69) is 10.6 Å². The Balaban J connectivity index is 1.52. The van der Waals surface area contributed by atoms with Crippen LogP contribution in [0.4, 0.5) is 5.69 Å². The van der Waals surface area contributed by atoms with Crippen molar-refractivity contribution in [2.24, 2.45) is 0 Å². The Morgan fingerprint density at radius 1 is 1.15 bits per heavy atom. The molecule has 0 radical (unpaired) electrons. The number of carbonyl (C=O) groups is 1. The van der Waals surface area contributed by atoms with Crippen molar-refractivity contribution in [3.63, 3.8) is 0 Å². The lowest BCUT2D eigenvalue weighted by atomic mass is 10.1. The number of nitro groups is 1. The Hall–Kier alpha value is -3.52. The monoisotopic (exact) mass is 366 g/mol. The van der Waals surface area contributed by atoms with Crippen LogP contribution in [0.5, 0.6) is 0 Å². The zero-order valence-electron chi connectivity index (χ0n) is 14.7. The van der Waals surface area contributed by atoms with Gasteiger partial charge in [-0.05, 0) is 30.2 Å². The van der Waals surface area contributed by atoms with Crippen LogP contribution < -0.4 is 5.48 Å². The number of nitrogens with zero attached hydrogens (tertiary/aromatic N) is 3. The Kier molecular flexibility index (Phi) is 5.58. The topological polar surface area (TPSA) is 99.3 Å². The van der Waals surface area contributed by atoms with Crippen LogP contribution in [-0.4, -0.2) is 20.6 Å². The summed E-state index contributed by atoms with van der Waals surface area (Å²) in [7, 11) is 0. The molecule has 0 saturated heterocycles. The molecule has 2 aromatic carbocycles. The molecule has 8 nitrogen and oxygen atoms in total. The molecule has 138 valence electrons. The first-order valence-corrected chi connectivity index (χ1v) is 8.25. The van der Waals surface area contributed by atoms with Gasteiger partial charge in [-0.15, -0.1) is 0 Å². The molecule has 1 heterocycles. The highest BCUT2D eigenvalue weighted by Gasteiger charge is 2.10. The van der Waals surface area contributed by atoms with Crippen molar-refractivity contribution < 1.29 is 14.6 Å². The number of nitrogens with one attached hydrogen (secondary N) is 1. The molecule has 1 aromatic heterocycles. The van der Waals surface area contributed by atoms with Crippen LogP contribution in [0.3, 0.4) is 0 Å². The van der Waals surface area contributed by atoms with Gasteiger partial charge in [0.1, 0.15) is 12.4 Å². The van der Waals surface area contributed by atoms with E-state index in [1.54, 1.807) is 24.3 Å². The maximum Gasteiger partial charge on any atom is 0.307 e. The first kappa shape index (κ1) is 18.3. The highest BCUT2D eigenvalue weighted by molar-refractivity contribution is 5.93. The molecule has 3 rings (SSSR count). The van der Waals surface area contributed by atoms with E-state index in [4.69, 9.17) is 4.84 Å². The molecular weight excluding hydrogens is 348 g/mol. The summed E-state index contributed by atoms with van der Waals surface area (Å²) in [5.41, 5.74) is 5.80. The molecule has 27 heavy (non-hydrogen) atoms. The van der Waals surface area contributed by atoms with Crippen molar-refractivity contribution >= 4 is 11.6 Å². The third-order valence-electron chi connectivity index (χ3n) is 3.92. The van der Waals surface area contributed by atoms with Gasteiger partial charge >= 0.3 is 5.69 Å². The zero-order valence-corrected chi connectivity index (χ0v) is 14.7. The van der Waals surface area contributed by atoms with Crippen LogP contribution in [0, 0.1) is 17.0 Å². The van der Waals surface area contributed by atoms with Crippen molar-refractivity contribution in [2.45, 2.75) is 20.1 Å². The minimum absolute atomic E-state index is 0.0586. The van der Waals surface area contributed by atoms with Gasteiger partial charge in [0, 0.05) is 5.56 Å². The Morgan fingerprint density at radius 2 is 1.81 bits per heavy atom. The quantitative estimate of drug-likeness (QED) is 0.512. The fraction of sp³-hybridized carbons (Fsp3) is 0.158. The minimum Gasteiger partial charge on any atom is -0.269 e. The van der Waals surface area contributed by atoms with Gasteiger partial charge in [0.2, 0.25) is 0 Å². The molecule has 0 aliphatic carbocycles. The van der Waals surface area contributed by atoms with Crippen molar-refractivity contribution in [3.8, 4) is 0 Å². The van der Waals surface area contributed by atoms with E-state index in [1.807, 2.05) is 31.2 Å². The molecule has 0 spiro atoms. The highest BCUT2D eigenvalue weighted by Crippen LogP contribution is 2.11. The number of aromatic nitrogens is 2. The second-order valence-corrected chi connectivity index (χ2v) is 6.06. The summed E-state index contributed by atoms with van der Waals surface area (Å²) in [6, 6.07) is 14.7. The number of hydroxylamine groups is 1. The van der Waals surface area contributed by atoms with Crippen LogP contribution >= 0.6 is 0 Å². The van der Waals surface area contributed by atoms with E-state index in [0.29, 0.717) is 12.1 Å². The first-order valence-electron chi connectivity index (χ1n) is 8.25. The van der Waals surface area contributed by atoms with Gasteiger partial charge in [-0.3, -0.25) is 24.4 Å². The Bertz CT molecular complexity index is 933. The Labute approximate surface area is 155 Å². The van der Waals surface area contributed by atoms with Crippen LogP contribution in [0.15, 0.2) is 60.9 Å². The average molecular weight is 366 g/mol. The standard InChI is InChI=1S/C19H18N4O4/c1-14-2-4-16(5-3-14)13-27-21-19(24)17-8-6-15(7-9-17)11-22-12-18(10-20-22)23(25)26/h2-10,12H,11,13H2,1H3,(H,21,24). The van der Waals surface area contributed by atoms with Gasteiger partial charge in [0.05, 0.1) is 18.1 Å². The van der Waals surface area contributed by atoms with Gasteiger partial charge in [0.15, 0.2) is 0 Å². The number of benzene rings is 2. The first-order chi connectivity index (χ1) is 13.0. The van der Waals surface area contributed by atoms with Crippen molar-refractivity contribution in [3.05, 3.63) is 93.3 Å². The summed E-state index contributed by atoms with van der Waals surface area (Å²) >= 11 is 0. The van der Waals surface area contributed by atoms with E-state index >= 15 is 0 Å². The molecule has 0 atom stereocenters. The average Bonchev–Trinajstić information content (AvgIpc) is 3.13. The van der Waals surface area contributed by atoms with Gasteiger partial charge in [-0.2, -0.15) is 5.10 Å². The summed E-state index contributed by atoms with van der Waals surface area (Å²) in [4.78, 5) is 27.5. The van der Waals surface area contributed by atoms with Crippen LogP contribution in [0.1, 0.15) is 27.0 Å². The third-order valence-corrected chi connectivity index (χ3v) is 3.92. The summed E-state index contributed by atoms with van der Waals surface area (Å²) < 4.78 is 1.47. The zero-order chi connectivity index (χ0) is 19.2. The second kappa shape index (κ2) is 8.24. The van der Waals surface area contributed by atoms with Crippen LogP contribution in [-0.2, 0) is 18.0 Å². The van der Waals surface area contributed by atoms with Gasteiger partial charge in [0.25, 0.3) is 5.91 Å². The van der Waals surface area contributed by atoms with E-state index in [-0.39, 0.29) is 18.2 Å². The van der Waals surface area contributed by atoms with Crippen molar-refractivity contribution in [2.75, 3.05) is 0 Å². The fourth-order valence-electron chi connectivity index (χ4n) is 2.41. The molecule has 0 aliphatic rings. The molecule has 0 bridgehead atoms. The minimum atomic E-state index is -0.493. The third kappa shape index (κ3) is 4.99. The molecule has 3 aromatic rings. The maximum absolute atomic E-state index is 12.1. The maximum atomic E-state index is 12.1. The molecule has 1 N–H and O–H groups in total. The number of carbonyl (C=O) groups excluding carboxylic acids is 1. The van der Waals surface area contributed by atoms with E-state index in [0.717, 1.165) is 16.7 Å². The SMILES string of the molecule is Cc1ccc(CONC(=O)c2ccc(Cn3cc([N+](=O)[O-])cn3)cc2)cc1. The highest BCUT2D eigenvalue weighted by atomic mass is 16.7.